The summed E-state index contributed by atoms with van der Waals surface area (Å²) in [5.41, 5.74) is 11.4. The van der Waals surface area contributed by atoms with E-state index >= 15 is 0 Å². The Kier molecular flexibility index (Phi) is 14.8. The molecule has 0 aromatic heterocycles. The molecule has 6 atom stereocenters. The Bertz CT molecular complexity index is 1210. The largest absolute Gasteiger partial charge is 0.508 e. The molecule has 244 valence electrons. The lowest BCUT2D eigenvalue weighted by atomic mass is 10.0. The zero-order valence-electron chi connectivity index (χ0n) is 25.4. The highest BCUT2D eigenvalue weighted by atomic mass is 16.4. The molecule has 0 unspecified atom stereocenters. The van der Waals surface area contributed by atoms with Gasteiger partial charge in [0.05, 0.1) is 12.5 Å². The molecule has 11 N–H and O–H groups in total. The number of aliphatic carboxylic acids is 1. The molecule has 1 rings (SSSR count). The molecule has 0 saturated carbocycles. The van der Waals surface area contributed by atoms with Crippen LogP contribution in [0.3, 0.4) is 0 Å². The summed E-state index contributed by atoms with van der Waals surface area (Å²) in [5, 5.41) is 30.7. The Hall–Kier alpha value is -4.73. The van der Waals surface area contributed by atoms with E-state index < -0.39 is 84.1 Å². The van der Waals surface area contributed by atoms with Crippen LogP contribution in [0.5, 0.6) is 5.75 Å². The highest BCUT2D eigenvalue weighted by Gasteiger charge is 2.30. The molecule has 44 heavy (non-hydrogen) atoms. The summed E-state index contributed by atoms with van der Waals surface area (Å²) in [6.45, 7) is 7.60. The van der Waals surface area contributed by atoms with Gasteiger partial charge in [-0.15, -0.1) is 0 Å². The number of hydrogen-bond donors (Lipinski definition) is 9. The minimum Gasteiger partial charge on any atom is -0.508 e. The van der Waals surface area contributed by atoms with Crippen LogP contribution in [0.25, 0.3) is 0 Å². The SMILES string of the molecule is CC(C)C[C@H](NC(=O)[C@H](C)NC(=O)[C@H](Cc1ccc(O)cc1)NC(=O)[C@@H](N)CC(N)=O)C(=O)N[C@@H](C)C(=O)N[C@@H](C)C(=O)O. The number of benzene rings is 1. The first-order chi connectivity index (χ1) is 20.4. The van der Waals surface area contributed by atoms with Crippen molar-refractivity contribution in [3.8, 4) is 5.75 Å². The number of hydrogen-bond acceptors (Lipinski definition) is 9. The number of rotatable bonds is 17. The van der Waals surface area contributed by atoms with Crippen molar-refractivity contribution in [1.82, 2.24) is 26.6 Å². The number of carbonyl (C=O) groups excluding carboxylic acids is 6. The highest BCUT2D eigenvalue weighted by molar-refractivity contribution is 5.96. The molecule has 1 aromatic rings. The van der Waals surface area contributed by atoms with Crippen LogP contribution >= 0.6 is 0 Å². The van der Waals surface area contributed by atoms with E-state index in [0.717, 1.165) is 0 Å². The van der Waals surface area contributed by atoms with Crippen LogP contribution in [0.1, 0.15) is 53.0 Å². The molecule has 6 amide bonds. The number of nitrogens with two attached hydrogens (primary N) is 2. The normalized spacial score (nSPS) is 15.0. The lowest BCUT2D eigenvalue weighted by Crippen LogP contribution is -2.58. The maximum absolute atomic E-state index is 13.2. The molecule has 0 saturated heterocycles. The van der Waals surface area contributed by atoms with Gasteiger partial charge in [-0.3, -0.25) is 33.6 Å². The van der Waals surface area contributed by atoms with Crippen molar-refractivity contribution in [2.45, 2.75) is 90.1 Å². The van der Waals surface area contributed by atoms with Gasteiger partial charge in [-0.1, -0.05) is 26.0 Å². The average Bonchev–Trinajstić information content (AvgIpc) is 2.92. The predicted octanol–water partition coefficient (Wildman–Crippen LogP) is -2.25. The third-order valence-electron chi connectivity index (χ3n) is 6.34. The molecule has 0 bridgehead atoms. The number of aromatic hydroxyl groups is 1. The lowest BCUT2D eigenvalue weighted by molar-refractivity contribution is -0.141. The average molecular weight is 622 g/mol. The summed E-state index contributed by atoms with van der Waals surface area (Å²) in [6.07, 6.45) is -0.347. The number of primary amides is 1. The Labute approximate surface area is 255 Å². The van der Waals surface area contributed by atoms with E-state index in [4.69, 9.17) is 16.6 Å². The van der Waals surface area contributed by atoms with Gasteiger partial charge < -0.3 is 48.3 Å². The number of nitrogens with one attached hydrogen (secondary N) is 5. The zero-order valence-corrected chi connectivity index (χ0v) is 25.4. The van der Waals surface area contributed by atoms with Gasteiger partial charge in [0.1, 0.15) is 36.0 Å². The van der Waals surface area contributed by atoms with Crippen LogP contribution in [-0.4, -0.2) is 87.9 Å². The Morgan fingerprint density at radius 1 is 0.682 bits per heavy atom. The van der Waals surface area contributed by atoms with E-state index in [9.17, 15) is 38.7 Å². The van der Waals surface area contributed by atoms with Crippen LogP contribution < -0.4 is 38.1 Å². The maximum atomic E-state index is 13.2. The van der Waals surface area contributed by atoms with Crippen LogP contribution in [-0.2, 0) is 40.0 Å². The van der Waals surface area contributed by atoms with E-state index in [1.807, 2.05) is 13.8 Å². The second kappa shape index (κ2) is 17.4. The Morgan fingerprint density at radius 3 is 1.61 bits per heavy atom. The monoisotopic (exact) mass is 621 g/mol. The summed E-state index contributed by atoms with van der Waals surface area (Å²) < 4.78 is 0. The fourth-order valence-corrected chi connectivity index (χ4v) is 3.82. The molecule has 16 heteroatoms. The lowest BCUT2D eigenvalue weighted by Gasteiger charge is -2.26. The van der Waals surface area contributed by atoms with Gasteiger partial charge in [0.2, 0.25) is 35.4 Å². The molecule has 0 fully saturated rings. The molecule has 0 heterocycles. The van der Waals surface area contributed by atoms with Crippen LogP contribution in [0.15, 0.2) is 24.3 Å². The first kappa shape index (κ1) is 37.3. The van der Waals surface area contributed by atoms with Crippen molar-refractivity contribution < 1.29 is 43.8 Å². The smallest absolute Gasteiger partial charge is 0.325 e. The van der Waals surface area contributed by atoms with E-state index in [1.165, 1.54) is 45.0 Å². The number of carboxylic acids is 1. The fraction of sp³-hybridized carbons (Fsp3) is 0.536. The first-order valence-corrected chi connectivity index (χ1v) is 14.0. The van der Waals surface area contributed by atoms with Crippen molar-refractivity contribution in [3.63, 3.8) is 0 Å². The highest BCUT2D eigenvalue weighted by Crippen LogP contribution is 2.12. The Morgan fingerprint density at radius 2 is 1.14 bits per heavy atom. The second-order valence-corrected chi connectivity index (χ2v) is 10.9. The van der Waals surface area contributed by atoms with Crippen LogP contribution in [0.2, 0.25) is 0 Å². The summed E-state index contributed by atoms with van der Waals surface area (Å²) in [7, 11) is 0. The van der Waals surface area contributed by atoms with Crippen molar-refractivity contribution in [2.24, 2.45) is 17.4 Å². The summed E-state index contributed by atoms with van der Waals surface area (Å²) in [4.78, 5) is 86.3. The number of phenolic OH excluding ortho intramolecular Hbond substituents is 1. The molecule has 16 nitrogen and oxygen atoms in total. The van der Waals surface area contributed by atoms with Crippen LogP contribution in [0, 0.1) is 5.92 Å². The molecule has 0 aliphatic carbocycles. The van der Waals surface area contributed by atoms with Crippen molar-refractivity contribution in [1.29, 1.82) is 0 Å². The van der Waals surface area contributed by atoms with Gasteiger partial charge in [-0.2, -0.15) is 0 Å². The molecule has 1 aromatic carbocycles. The summed E-state index contributed by atoms with van der Waals surface area (Å²) in [5.74, 6) is -5.93. The van der Waals surface area contributed by atoms with Crippen molar-refractivity contribution in [2.75, 3.05) is 0 Å². The standard InChI is InChI=1S/C28H43N7O9/c1-13(2)10-20(26(41)31-14(3)23(38)33-16(5)28(43)44)34-24(39)15(4)32-27(42)21(11-17-6-8-18(36)9-7-17)35-25(40)19(29)12-22(30)37/h6-9,13-16,19-21,36H,10-12,29H2,1-5H3,(H2,30,37)(H,31,41)(H,32,42)(H,33,38)(H,34,39)(H,35,40)(H,43,44)/t14-,15-,16-,19-,20-,21-/m0/s1. The third-order valence-corrected chi connectivity index (χ3v) is 6.34. The number of amides is 6. The van der Waals surface area contributed by atoms with Crippen molar-refractivity contribution in [3.05, 3.63) is 29.8 Å². The predicted molar refractivity (Wildman–Crippen MR) is 157 cm³/mol. The quantitative estimate of drug-likeness (QED) is 0.0901. The van der Waals surface area contributed by atoms with E-state index in [0.29, 0.717) is 5.56 Å². The second-order valence-electron chi connectivity index (χ2n) is 10.9. The molecule has 0 spiro atoms. The topological polar surface area (TPSA) is 272 Å². The molecular formula is C28H43N7O9. The van der Waals surface area contributed by atoms with Crippen LogP contribution in [0.4, 0.5) is 0 Å². The van der Waals surface area contributed by atoms with Gasteiger partial charge >= 0.3 is 5.97 Å². The van der Waals surface area contributed by atoms with E-state index in [1.54, 1.807) is 0 Å². The fourth-order valence-electron chi connectivity index (χ4n) is 3.82. The van der Waals surface area contributed by atoms with Gasteiger partial charge in [-0.25, -0.2) is 0 Å². The van der Waals surface area contributed by atoms with Gasteiger partial charge in [-0.05, 0) is 50.8 Å². The van der Waals surface area contributed by atoms with Crippen molar-refractivity contribution >= 4 is 41.4 Å². The molecule has 0 radical (unpaired) electrons. The first-order valence-electron chi connectivity index (χ1n) is 14.0. The van der Waals surface area contributed by atoms with E-state index in [-0.39, 0.29) is 24.5 Å². The number of phenols is 1. The molecular weight excluding hydrogens is 578 g/mol. The molecule has 0 aliphatic heterocycles. The van der Waals surface area contributed by atoms with Gasteiger partial charge in [0.15, 0.2) is 0 Å². The molecule has 0 aliphatic rings. The van der Waals surface area contributed by atoms with Gasteiger partial charge in [0, 0.05) is 6.42 Å². The van der Waals surface area contributed by atoms with Gasteiger partial charge in [0.25, 0.3) is 0 Å². The minimum atomic E-state index is -1.32. The minimum absolute atomic E-state index is 0.0163. The maximum Gasteiger partial charge on any atom is 0.325 e. The zero-order chi connectivity index (χ0) is 33.7. The summed E-state index contributed by atoms with van der Waals surface area (Å²) >= 11 is 0. The summed E-state index contributed by atoms with van der Waals surface area (Å²) in [6, 6.07) is -1.33. The number of carboxylic acid groups (broad SMARTS) is 1. The number of carbonyl (C=O) groups is 7. The third kappa shape index (κ3) is 13.1. The Balaban J connectivity index is 3.00. The van der Waals surface area contributed by atoms with E-state index in [2.05, 4.69) is 26.6 Å².